The molecule has 0 fully saturated rings. The van der Waals surface area contributed by atoms with Crippen LogP contribution in [0.2, 0.25) is 0 Å². The van der Waals surface area contributed by atoms with E-state index in [4.69, 9.17) is 0 Å². The van der Waals surface area contributed by atoms with E-state index in [2.05, 4.69) is 17.4 Å². The molecule has 1 aliphatic rings. The fourth-order valence-electron chi connectivity index (χ4n) is 2.28. The lowest BCUT2D eigenvalue weighted by molar-refractivity contribution is 0.0939. The maximum absolute atomic E-state index is 12.2. The molecule has 2 aromatic rings. The zero-order chi connectivity index (χ0) is 13.1. The average Bonchev–Trinajstić information content (AvgIpc) is 2.60. The standard InChI is InChI=1S/C16H15NOS/c18-16-14-8-4-5-9-15(14)19-11-13(17-16)10-12-6-2-1-3-7-12/h1-9,13H,10-11H2,(H,17,18)/t13-/m1/s1. The van der Waals surface area contributed by atoms with E-state index in [9.17, 15) is 4.79 Å². The van der Waals surface area contributed by atoms with Crippen LogP contribution in [0.25, 0.3) is 0 Å². The Labute approximate surface area is 117 Å². The predicted octanol–water partition coefficient (Wildman–Crippen LogP) is 3.13. The second-order valence-electron chi connectivity index (χ2n) is 4.67. The van der Waals surface area contributed by atoms with Crippen LogP contribution < -0.4 is 5.32 Å². The number of thioether (sulfide) groups is 1. The SMILES string of the molecule is O=C1N[C@H](Cc2ccccc2)CSc2ccccc21. The highest BCUT2D eigenvalue weighted by Gasteiger charge is 2.21. The summed E-state index contributed by atoms with van der Waals surface area (Å²) < 4.78 is 0. The van der Waals surface area contributed by atoms with Crippen molar-refractivity contribution in [1.82, 2.24) is 5.32 Å². The molecule has 0 bridgehead atoms. The number of carbonyl (C=O) groups is 1. The van der Waals surface area contributed by atoms with Crippen molar-refractivity contribution in [1.29, 1.82) is 0 Å². The van der Waals surface area contributed by atoms with Crippen molar-refractivity contribution >= 4 is 17.7 Å². The van der Waals surface area contributed by atoms with Crippen molar-refractivity contribution in [3.05, 3.63) is 65.7 Å². The molecule has 0 saturated carbocycles. The molecule has 2 nitrogen and oxygen atoms in total. The van der Waals surface area contributed by atoms with Gasteiger partial charge in [-0.25, -0.2) is 0 Å². The number of fused-ring (bicyclic) bond motifs is 1. The van der Waals surface area contributed by atoms with Gasteiger partial charge in [0.15, 0.2) is 0 Å². The molecule has 0 radical (unpaired) electrons. The molecule has 0 aliphatic carbocycles. The largest absolute Gasteiger partial charge is 0.348 e. The van der Waals surface area contributed by atoms with Gasteiger partial charge in [0, 0.05) is 16.7 Å². The van der Waals surface area contributed by atoms with Crippen LogP contribution in [-0.2, 0) is 6.42 Å². The Morgan fingerprint density at radius 2 is 1.79 bits per heavy atom. The highest BCUT2D eigenvalue weighted by Crippen LogP contribution is 2.26. The fourth-order valence-corrected chi connectivity index (χ4v) is 3.36. The van der Waals surface area contributed by atoms with E-state index in [0.717, 1.165) is 22.6 Å². The Morgan fingerprint density at radius 3 is 2.63 bits per heavy atom. The minimum absolute atomic E-state index is 0.0431. The molecule has 96 valence electrons. The molecular weight excluding hydrogens is 254 g/mol. The summed E-state index contributed by atoms with van der Waals surface area (Å²) in [5.41, 5.74) is 2.06. The van der Waals surface area contributed by atoms with Crippen LogP contribution in [0.4, 0.5) is 0 Å². The summed E-state index contributed by atoms with van der Waals surface area (Å²) in [6, 6.07) is 18.3. The quantitative estimate of drug-likeness (QED) is 0.907. The zero-order valence-corrected chi connectivity index (χ0v) is 11.3. The van der Waals surface area contributed by atoms with Crippen molar-refractivity contribution in [2.24, 2.45) is 0 Å². The Balaban J connectivity index is 1.77. The summed E-state index contributed by atoms with van der Waals surface area (Å²) in [6.07, 6.45) is 0.883. The minimum atomic E-state index is 0.0431. The van der Waals surface area contributed by atoms with Gasteiger partial charge in [0.2, 0.25) is 0 Å². The molecule has 2 aromatic carbocycles. The van der Waals surface area contributed by atoms with Gasteiger partial charge in [-0.15, -0.1) is 11.8 Å². The number of nitrogens with one attached hydrogen (secondary N) is 1. The summed E-state index contributed by atoms with van der Waals surface area (Å²) in [5, 5.41) is 3.12. The molecule has 0 unspecified atom stereocenters. The lowest BCUT2D eigenvalue weighted by Gasteiger charge is -2.15. The second-order valence-corrected chi connectivity index (χ2v) is 5.73. The Kier molecular flexibility index (Phi) is 3.56. The highest BCUT2D eigenvalue weighted by molar-refractivity contribution is 7.99. The molecule has 3 heteroatoms. The minimum Gasteiger partial charge on any atom is -0.348 e. The topological polar surface area (TPSA) is 29.1 Å². The summed E-state index contributed by atoms with van der Waals surface area (Å²) in [7, 11) is 0. The number of rotatable bonds is 2. The van der Waals surface area contributed by atoms with E-state index >= 15 is 0 Å². The van der Waals surface area contributed by atoms with Crippen molar-refractivity contribution in [3.63, 3.8) is 0 Å². The summed E-state index contributed by atoms with van der Waals surface area (Å²) in [6.45, 7) is 0. The van der Waals surface area contributed by atoms with E-state index in [0.29, 0.717) is 0 Å². The van der Waals surface area contributed by atoms with Gasteiger partial charge >= 0.3 is 0 Å². The maximum atomic E-state index is 12.2. The van der Waals surface area contributed by atoms with Crippen LogP contribution in [0.3, 0.4) is 0 Å². The van der Waals surface area contributed by atoms with E-state index in [1.807, 2.05) is 42.5 Å². The number of amides is 1. The van der Waals surface area contributed by atoms with Gasteiger partial charge < -0.3 is 5.32 Å². The third-order valence-corrected chi connectivity index (χ3v) is 4.47. The number of hydrogen-bond donors (Lipinski definition) is 1. The van der Waals surface area contributed by atoms with Crippen LogP contribution in [0.5, 0.6) is 0 Å². The van der Waals surface area contributed by atoms with Crippen molar-refractivity contribution in [3.8, 4) is 0 Å². The van der Waals surface area contributed by atoms with Crippen LogP contribution in [-0.4, -0.2) is 17.7 Å². The first kappa shape index (κ1) is 12.3. The van der Waals surface area contributed by atoms with Crippen LogP contribution in [0, 0.1) is 0 Å². The lowest BCUT2D eigenvalue weighted by atomic mass is 10.1. The maximum Gasteiger partial charge on any atom is 0.252 e. The highest BCUT2D eigenvalue weighted by atomic mass is 32.2. The molecule has 1 amide bonds. The Hall–Kier alpha value is -1.74. The van der Waals surface area contributed by atoms with Crippen LogP contribution >= 0.6 is 11.8 Å². The third kappa shape index (κ3) is 2.82. The first-order valence-corrected chi connectivity index (χ1v) is 7.38. The van der Waals surface area contributed by atoms with Gasteiger partial charge in [0.25, 0.3) is 5.91 Å². The molecule has 0 saturated heterocycles. The average molecular weight is 269 g/mol. The summed E-state index contributed by atoms with van der Waals surface area (Å²) in [5.74, 6) is 0.957. The van der Waals surface area contributed by atoms with Gasteiger partial charge in [0.1, 0.15) is 0 Å². The number of benzene rings is 2. The fraction of sp³-hybridized carbons (Fsp3) is 0.188. The zero-order valence-electron chi connectivity index (χ0n) is 10.5. The van der Waals surface area contributed by atoms with Gasteiger partial charge in [-0.3, -0.25) is 4.79 Å². The third-order valence-electron chi connectivity index (χ3n) is 3.23. The second kappa shape index (κ2) is 5.49. The monoisotopic (exact) mass is 269 g/mol. The summed E-state index contributed by atoms with van der Waals surface area (Å²) >= 11 is 1.76. The number of carbonyl (C=O) groups excluding carboxylic acids is 1. The first-order valence-electron chi connectivity index (χ1n) is 6.39. The molecule has 3 rings (SSSR count). The van der Waals surface area contributed by atoms with Gasteiger partial charge in [-0.05, 0) is 24.1 Å². The molecule has 1 atom stereocenters. The normalized spacial score (nSPS) is 18.3. The Morgan fingerprint density at radius 1 is 1.05 bits per heavy atom. The van der Waals surface area contributed by atoms with E-state index < -0.39 is 0 Å². The molecule has 0 spiro atoms. The molecule has 19 heavy (non-hydrogen) atoms. The van der Waals surface area contributed by atoms with Crippen molar-refractivity contribution in [2.45, 2.75) is 17.4 Å². The van der Waals surface area contributed by atoms with E-state index in [-0.39, 0.29) is 11.9 Å². The van der Waals surface area contributed by atoms with Crippen molar-refractivity contribution < 1.29 is 4.79 Å². The van der Waals surface area contributed by atoms with Gasteiger partial charge in [-0.1, -0.05) is 42.5 Å². The van der Waals surface area contributed by atoms with Crippen molar-refractivity contribution in [2.75, 3.05) is 5.75 Å². The van der Waals surface area contributed by atoms with E-state index in [1.54, 1.807) is 11.8 Å². The lowest BCUT2D eigenvalue weighted by Crippen LogP contribution is -2.36. The Bertz CT molecular complexity index is 582. The summed E-state index contributed by atoms with van der Waals surface area (Å²) in [4.78, 5) is 13.3. The molecule has 1 heterocycles. The molecule has 1 N–H and O–H groups in total. The molecular formula is C16H15NOS. The van der Waals surface area contributed by atoms with Gasteiger partial charge in [0.05, 0.1) is 5.56 Å². The van der Waals surface area contributed by atoms with Gasteiger partial charge in [-0.2, -0.15) is 0 Å². The number of hydrogen-bond acceptors (Lipinski definition) is 2. The smallest absolute Gasteiger partial charge is 0.252 e. The molecule has 1 aliphatic heterocycles. The van der Waals surface area contributed by atoms with Crippen LogP contribution in [0.15, 0.2) is 59.5 Å². The van der Waals surface area contributed by atoms with E-state index in [1.165, 1.54) is 5.56 Å². The van der Waals surface area contributed by atoms with Crippen LogP contribution in [0.1, 0.15) is 15.9 Å². The predicted molar refractivity (Wildman–Crippen MR) is 78.6 cm³/mol. The first-order chi connectivity index (χ1) is 9.33. The molecule has 0 aromatic heterocycles.